The summed E-state index contributed by atoms with van der Waals surface area (Å²) in [6, 6.07) is 1.50. The van der Waals surface area contributed by atoms with Crippen LogP contribution in [0.5, 0.6) is 0 Å². The van der Waals surface area contributed by atoms with Gasteiger partial charge in [-0.3, -0.25) is 4.90 Å². The minimum absolute atomic E-state index is 0.0588. The summed E-state index contributed by atoms with van der Waals surface area (Å²) in [5, 5.41) is 13.0. The zero-order valence-corrected chi connectivity index (χ0v) is 9.78. The van der Waals surface area contributed by atoms with Gasteiger partial charge in [-0.05, 0) is 38.6 Å². The molecule has 2 aliphatic rings. The van der Waals surface area contributed by atoms with E-state index in [0.29, 0.717) is 0 Å². The zero-order chi connectivity index (χ0) is 10.7. The van der Waals surface area contributed by atoms with E-state index in [4.69, 9.17) is 0 Å². The van der Waals surface area contributed by atoms with Crippen LogP contribution in [0, 0.1) is 0 Å². The number of hydrogen-bond donors (Lipinski definition) is 2. The number of β-amino-alcohol motifs (C(OH)–C–C–N with tert-alkyl or cyclic N) is 1. The van der Waals surface area contributed by atoms with Crippen LogP contribution >= 0.6 is 0 Å². The zero-order valence-electron chi connectivity index (χ0n) is 9.78. The lowest BCUT2D eigenvalue weighted by Gasteiger charge is -2.34. The molecule has 1 unspecified atom stereocenters. The number of hydrogen-bond acceptors (Lipinski definition) is 3. The fourth-order valence-corrected chi connectivity index (χ4v) is 3.03. The van der Waals surface area contributed by atoms with Gasteiger partial charge in [0.1, 0.15) is 0 Å². The highest BCUT2D eigenvalue weighted by atomic mass is 16.3. The van der Waals surface area contributed by atoms with Crippen molar-refractivity contribution in [2.75, 3.05) is 19.6 Å². The second-order valence-electron chi connectivity index (χ2n) is 5.00. The lowest BCUT2D eigenvalue weighted by Crippen LogP contribution is -2.41. The van der Waals surface area contributed by atoms with Crippen LogP contribution in [0.25, 0.3) is 0 Å². The monoisotopic (exact) mass is 212 g/mol. The molecule has 1 aliphatic heterocycles. The van der Waals surface area contributed by atoms with Gasteiger partial charge in [-0.2, -0.15) is 0 Å². The lowest BCUT2D eigenvalue weighted by atomic mass is 9.90. The van der Waals surface area contributed by atoms with Crippen LogP contribution in [0.4, 0.5) is 0 Å². The van der Waals surface area contributed by atoms with Crippen LogP contribution in [0.15, 0.2) is 0 Å². The molecule has 2 N–H and O–H groups in total. The molecule has 0 radical (unpaired) electrons. The van der Waals surface area contributed by atoms with Gasteiger partial charge in [0.15, 0.2) is 0 Å². The molecule has 1 heterocycles. The maximum Gasteiger partial charge on any atom is 0.0679 e. The summed E-state index contributed by atoms with van der Waals surface area (Å²) in [4.78, 5) is 2.49. The van der Waals surface area contributed by atoms with Crippen molar-refractivity contribution in [3.8, 4) is 0 Å². The van der Waals surface area contributed by atoms with Crippen molar-refractivity contribution in [3.63, 3.8) is 0 Å². The summed E-state index contributed by atoms with van der Waals surface area (Å²) in [5.41, 5.74) is 0. The summed E-state index contributed by atoms with van der Waals surface area (Å²) in [6.45, 7) is 5.30. The summed E-state index contributed by atoms with van der Waals surface area (Å²) in [7, 11) is 0. The average molecular weight is 212 g/mol. The Morgan fingerprint density at radius 2 is 1.93 bits per heavy atom. The van der Waals surface area contributed by atoms with E-state index in [1.54, 1.807) is 0 Å². The first-order valence-electron chi connectivity index (χ1n) is 6.45. The van der Waals surface area contributed by atoms with Crippen molar-refractivity contribution < 1.29 is 5.11 Å². The highest BCUT2D eigenvalue weighted by Crippen LogP contribution is 2.25. The number of aliphatic hydroxyl groups excluding tert-OH is 1. The van der Waals surface area contributed by atoms with Gasteiger partial charge in [0.05, 0.1) is 6.10 Å². The van der Waals surface area contributed by atoms with Gasteiger partial charge in [0.25, 0.3) is 0 Å². The molecule has 1 atom stereocenters. The van der Waals surface area contributed by atoms with Gasteiger partial charge < -0.3 is 10.4 Å². The van der Waals surface area contributed by atoms with Gasteiger partial charge in [-0.15, -0.1) is 0 Å². The van der Waals surface area contributed by atoms with E-state index in [1.807, 2.05) is 0 Å². The Kier molecular flexibility index (Phi) is 4.00. The third-order valence-corrected chi connectivity index (χ3v) is 3.90. The Hall–Kier alpha value is -0.120. The molecule has 1 saturated heterocycles. The van der Waals surface area contributed by atoms with Gasteiger partial charge in [-0.1, -0.05) is 6.92 Å². The summed E-state index contributed by atoms with van der Waals surface area (Å²) < 4.78 is 0. The molecule has 2 rings (SSSR count). The molecule has 1 saturated carbocycles. The van der Waals surface area contributed by atoms with Gasteiger partial charge in [-0.25, -0.2) is 0 Å². The van der Waals surface area contributed by atoms with Crippen molar-refractivity contribution in [1.82, 2.24) is 10.2 Å². The van der Waals surface area contributed by atoms with Crippen molar-refractivity contribution in [3.05, 3.63) is 0 Å². The highest BCUT2D eigenvalue weighted by molar-refractivity contribution is 4.86. The van der Waals surface area contributed by atoms with Crippen LogP contribution in [-0.2, 0) is 0 Å². The van der Waals surface area contributed by atoms with Gasteiger partial charge >= 0.3 is 0 Å². The Bertz CT molecular complexity index is 190. The SMILES string of the molecule is CCNC1CCC(N2CCC(O)C2)CC1. The van der Waals surface area contributed by atoms with Crippen molar-refractivity contribution in [2.45, 2.75) is 57.2 Å². The fraction of sp³-hybridized carbons (Fsp3) is 1.00. The van der Waals surface area contributed by atoms with E-state index >= 15 is 0 Å². The maximum absolute atomic E-state index is 9.51. The second-order valence-corrected chi connectivity index (χ2v) is 5.00. The van der Waals surface area contributed by atoms with E-state index in [9.17, 15) is 5.11 Å². The molecule has 3 nitrogen and oxygen atoms in total. The van der Waals surface area contributed by atoms with Crippen LogP contribution in [0.1, 0.15) is 39.0 Å². The molecule has 15 heavy (non-hydrogen) atoms. The molecule has 0 amide bonds. The largest absolute Gasteiger partial charge is 0.392 e. The van der Waals surface area contributed by atoms with E-state index in [-0.39, 0.29) is 6.10 Å². The number of likely N-dealkylation sites (tertiary alicyclic amines) is 1. The Balaban J connectivity index is 1.73. The molecule has 0 spiro atoms. The minimum Gasteiger partial charge on any atom is -0.392 e. The van der Waals surface area contributed by atoms with Gasteiger partial charge in [0, 0.05) is 25.2 Å². The smallest absolute Gasteiger partial charge is 0.0679 e. The first-order chi connectivity index (χ1) is 7.29. The summed E-state index contributed by atoms with van der Waals surface area (Å²) in [5.74, 6) is 0. The third-order valence-electron chi connectivity index (χ3n) is 3.90. The second kappa shape index (κ2) is 5.28. The van der Waals surface area contributed by atoms with Crippen molar-refractivity contribution >= 4 is 0 Å². The van der Waals surface area contributed by atoms with E-state index in [1.165, 1.54) is 25.7 Å². The lowest BCUT2D eigenvalue weighted by molar-refractivity contribution is 0.135. The number of rotatable bonds is 3. The minimum atomic E-state index is -0.0588. The third kappa shape index (κ3) is 2.92. The van der Waals surface area contributed by atoms with Crippen LogP contribution < -0.4 is 5.32 Å². The number of nitrogens with zero attached hydrogens (tertiary/aromatic N) is 1. The number of nitrogens with one attached hydrogen (secondary N) is 1. The van der Waals surface area contributed by atoms with E-state index in [0.717, 1.165) is 38.1 Å². The first-order valence-corrected chi connectivity index (χ1v) is 6.45. The van der Waals surface area contributed by atoms with Crippen molar-refractivity contribution in [2.24, 2.45) is 0 Å². The Labute approximate surface area is 92.8 Å². The molecule has 88 valence electrons. The molecule has 1 aliphatic carbocycles. The van der Waals surface area contributed by atoms with E-state index < -0.39 is 0 Å². The molecule has 2 fully saturated rings. The van der Waals surface area contributed by atoms with Crippen molar-refractivity contribution in [1.29, 1.82) is 0 Å². The molecule has 0 aromatic carbocycles. The quantitative estimate of drug-likeness (QED) is 0.732. The summed E-state index contributed by atoms with van der Waals surface area (Å²) >= 11 is 0. The molecule has 3 heteroatoms. The average Bonchev–Trinajstić information content (AvgIpc) is 2.67. The molecular formula is C12H24N2O. The standard InChI is InChI=1S/C12H24N2O/c1-2-13-10-3-5-11(6-4-10)14-8-7-12(15)9-14/h10-13,15H,2-9H2,1H3. The molecule has 0 aromatic heterocycles. The fourth-order valence-electron chi connectivity index (χ4n) is 3.03. The highest BCUT2D eigenvalue weighted by Gasteiger charge is 2.29. The number of aliphatic hydroxyl groups is 1. The topological polar surface area (TPSA) is 35.5 Å². The first kappa shape index (κ1) is 11.4. The van der Waals surface area contributed by atoms with E-state index in [2.05, 4.69) is 17.1 Å². The summed E-state index contributed by atoms with van der Waals surface area (Å²) in [6.07, 6.45) is 6.16. The molecule has 0 bridgehead atoms. The van der Waals surface area contributed by atoms with Crippen LogP contribution in [0.2, 0.25) is 0 Å². The normalized spacial score (nSPS) is 38.4. The predicted molar refractivity (Wildman–Crippen MR) is 61.9 cm³/mol. The Morgan fingerprint density at radius 3 is 2.47 bits per heavy atom. The van der Waals surface area contributed by atoms with Gasteiger partial charge in [0.2, 0.25) is 0 Å². The van der Waals surface area contributed by atoms with Crippen LogP contribution in [0.3, 0.4) is 0 Å². The molecular weight excluding hydrogens is 188 g/mol. The van der Waals surface area contributed by atoms with Crippen LogP contribution in [-0.4, -0.2) is 47.8 Å². The Morgan fingerprint density at radius 1 is 1.20 bits per heavy atom. The predicted octanol–water partition coefficient (Wildman–Crippen LogP) is 0.974. The molecule has 0 aromatic rings. The maximum atomic E-state index is 9.51.